The van der Waals surface area contributed by atoms with Gasteiger partial charge >= 0.3 is 0 Å². The SMILES string of the molecule is CN(C)CCOc1cccc(NCc2ccc(C#N)s2)c1. The molecule has 0 bridgehead atoms. The minimum Gasteiger partial charge on any atom is -0.492 e. The summed E-state index contributed by atoms with van der Waals surface area (Å²) in [6, 6.07) is 13.9. The molecule has 0 aliphatic heterocycles. The Balaban J connectivity index is 1.87. The number of rotatable bonds is 7. The fraction of sp³-hybridized carbons (Fsp3) is 0.312. The highest BCUT2D eigenvalue weighted by molar-refractivity contribution is 7.12. The van der Waals surface area contributed by atoms with Gasteiger partial charge in [-0.05, 0) is 38.4 Å². The summed E-state index contributed by atoms with van der Waals surface area (Å²) in [5.74, 6) is 0.866. The zero-order valence-electron chi connectivity index (χ0n) is 12.3. The molecule has 0 unspecified atom stereocenters. The minimum absolute atomic E-state index is 0.674. The van der Waals surface area contributed by atoms with Crippen LogP contribution < -0.4 is 10.1 Å². The first-order valence-corrected chi connectivity index (χ1v) is 7.59. The van der Waals surface area contributed by atoms with Gasteiger partial charge in [0.15, 0.2) is 0 Å². The number of benzene rings is 1. The van der Waals surface area contributed by atoms with Gasteiger partial charge in [-0.15, -0.1) is 11.3 Å². The maximum Gasteiger partial charge on any atom is 0.121 e. The molecule has 0 aliphatic rings. The van der Waals surface area contributed by atoms with Gasteiger partial charge in [0.2, 0.25) is 0 Å². The predicted octanol–water partition coefficient (Wildman–Crippen LogP) is 3.17. The number of nitrogens with one attached hydrogen (secondary N) is 1. The molecule has 1 N–H and O–H groups in total. The molecule has 5 heteroatoms. The third-order valence-corrected chi connectivity index (χ3v) is 3.87. The summed E-state index contributed by atoms with van der Waals surface area (Å²) in [4.78, 5) is 3.98. The highest BCUT2D eigenvalue weighted by Gasteiger charge is 2.01. The van der Waals surface area contributed by atoms with Crippen LogP contribution in [0, 0.1) is 11.3 Å². The van der Waals surface area contributed by atoms with Crippen molar-refractivity contribution >= 4 is 17.0 Å². The van der Waals surface area contributed by atoms with Crippen LogP contribution in [-0.2, 0) is 6.54 Å². The second kappa shape index (κ2) is 7.67. The molecule has 1 aromatic carbocycles. The summed E-state index contributed by atoms with van der Waals surface area (Å²) in [5, 5.41) is 12.2. The van der Waals surface area contributed by atoms with Crippen molar-refractivity contribution < 1.29 is 4.74 Å². The van der Waals surface area contributed by atoms with E-state index in [1.54, 1.807) is 0 Å². The first-order valence-electron chi connectivity index (χ1n) is 6.77. The van der Waals surface area contributed by atoms with Crippen molar-refractivity contribution in [3.63, 3.8) is 0 Å². The maximum atomic E-state index is 8.81. The van der Waals surface area contributed by atoms with Crippen LogP contribution in [0.5, 0.6) is 5.75 Å². The molecule has 0 saturated carbocycles. The third-order valence-electron chi connectivity index (χ3n) is 2.88. The smallest absolute Gasteiger partial charge is 0.121 e. The Kier molecular flexibility index (Phi) is 5.61. The second-order valence-electron chi connectivity index (χ2n) is 4.91. The second-order valence-corrected chi connectivity index (χ2v) is 6.08. The Morgan fingerprint density at radius 1 is 1.29 bits per heavy atom. The summed E-state index contributed by atoms with van der Waals surface area (Å²) in [6.07, 6.45) is 0. The highest BCUT2D eigenvalue weighted by Crippen LogP contribution is 2.20. The number of thiophene rings is 1. The average molecular weight is 301 g/mol. The van der Waals surface area contributed by atoms with E-state index in [-0.39, 0.29) is 0 Å². The van der Waals surface area contributed by atoms with E-state index in [1.165, 1.54) is 11.3 Å². The number of hydrogen-bond donors (Lipinski definition) is 1. The lowest BCUT2D eigenvalue weighted by Gasteiger charge is -2.12. The Hall–Kier alpha value is -2.03. The van der Waals surface area contributed by atoms with Crippen LogP contribution >= 0.6 is 11.3 Å². The average Bonchev–Trinajstić information content (AvgIpc) is 2.93. The molecule has 21 heavy (non-hydrogen) atoms. The number of likely N-dealkylation sites (N-methyl/N-ethyl adjacent to an activating group) is 1. The quantitative estimate of drug-likeness (QED) is 0.853. The molecule has 0 amide bonds. The van der Waals surface area contributed by atoms with Gasteiger partial charge in [0.05, 0.1) is 0 Å². The van der Waals surface area contributed by atoms with E-state index >= 15 is 0 Å². The minimum atomic E-state index is 0.674. The largest absolute Gasteiger partial charge is 0.492 e. The van der Waals surface area contributed by atoms with Crippen molar-refractivity contribution in [1.29, 1.82) is 5.26 Å². The van der Waals surface area contributed by atoms with E-state index in [0.29, 0.717) is 13.2 Å². The summed E-state index contributed by atoms with van der Waals surface area (Å²) < 4.78 is 5.71. The summed E-state index contributed by atoms with van der Waals surface area (Å²) in [6.45, 7) is 2.28. The monoisotopic (exact) mass is 301 g/mol. The molecule has 1 heterocycles. The van der Waals surface area contributed by atoms with E-state index in [1.807, 2.05) is 50.5 Å². The number of nitrogens with zero attached hydrogens (tertiary/aromatic N) is 2. The molecule has 1 aromatic heterocycles. The first kappa shape index (κ1) is 15.4. The zero-order valence-corrected chi connectivity index (χ0v) is 13.1. The number of hydrogen-bond acceptors (Lipinski definition) is 5. The molecule has 2 aromatic rings. The normalized spacial score (nSPS) is 10.4. The van der Waals surface area contributed by atoms with Gasteiger partial charge in [-0.3, -0.25) is 0 Å². The number of ether oxygens (including phenoxy) is 1. The van der Waals surface area contributed by atoms with E-state index in [9.17, 15) is 0 Å². The number of nitriles is 1. The molecule has 2 rings (SSSR count). The Labute approximate surface area is 129 Å². The van der Waals surface area contributed by atoms with Crippen LogP contribution in [0.4, 0.5) is 5.69 Å². The molecule has 4 nitrogen and oxygen atoms in total. The Morgan fingerprint density at radius 3 is 2.86 bits per heavy atom. The van der Waals surface area contributed by atoms with E-state index in [2.05, 4.69) is 16.3 Å². The van der Waals surface area contributed by atoms with Crippen molar-refractivity contribution in [2.45, 2.75) is 6.54 Å². The van der Waals surface area contributed by atoms with Crippen LogP contribution in [0.25, 0.3) is 0 Å². The van der Waals surface area contributed by atoms with Crippen molar-refractivity contribution in [1.82, 2.24) is 4.90 Å². The lowest BCUT2D eigenvalue weighted by molar-refractivity contribution is 0.261. The maximum absolute atomic E-state index is 8.81. The molecule has 0 spiro atoms. The zero-order chi connectivity index (χ0) is 15.1. The van der Waals surface area contributed by atoms with E-state index in [4.69, 9.17) is 10.00 Å². The van der Waals surface area contributed by atoms with Gasteiger partial charge in [0.1, 0.15) is 23.3 Å². The van der Waals surface area contributed by atoms with Crippen molar-refractivity contribution in [3.8, 4) is 11.8 Å². The van der Waals surface area contributed by atoms with E-state index in [0.717, 1.165) is 27.7 Å². The van der Waals surface area contributed by atoms with Gasteiger partial charge in [0.25, 0.3) is 0 Å². The van der Waals surface area contributed by atoms with Gasteiger partial charge < -0.3 is 15.0 Å². The van der Waals surface area contributed by atoms with Crippen LogP contribution in [0.15, 0.2) is 36.4 Å². The highest BCUT2D eigenvalue weighted by atomic mass is 32.1. The molecular weight excluding hydrogens is 282 g/mol. The molecule has 0 saturated heterocycles. The summed E-state index contributed by atoms with van der Waals surface area (Å²) >= 11 is 1.51. The standard InChI is InChI=1S/C16H19N3OS/c1-19(2)8-9-20-14-5-3-4-13(10-14)18-12-16-7-6-15(11-17)21-16/h3-7,10,18H,8-9,12H2,1-2H3. The lowest BCUT2D eigenvalue weighted by atomic mass is 10.3. The van der Waals surface area contributed by atoms with Crippen LogP contribution in [0.3, 0.4) is 0 Å². The third kappa shape index (κ3) is 5.10. The Morgan fingerprint density at radius 2 is 2.14 bits per heavy atom. The van der Waals surface area contributed by atoms with E-state index < -0.39 is 0 Å². The summed E-state index contributed by atoms with van der Waals surface area (Å²) in [7, 11) is 4.05. The van der Waals surface area contributed by atoms with Crippen molar-refractivity contribution in [3.05, 3.63) is 46.2 Å². The van der Waals surface area contributed by atoms with Crippen molar-refractivity contribution in [2.75, 3.05) is 32.6 Å². The fourth-order valence-corrected chi connectivity index (χ4v) is 2.51. The topological polar surface area (TPSA) is 48.3 Å². The summed E-state index contributed by atoms with van der Waals surface area (Å²) in [5.41, 5.74) is 1.02. The predicted molar refractivity (Wildman–Crippen MR) is 86.9 cm³/mol. The van der Waals surface area contributed by atoms with Crippen LogP contribution in [0.2, 0.25) is 0 Å². The molecule has 0 radical (unpaired) electrons. The van der Waals surface area contributed by atoms with Crippen molar-refractivity contribution in [2.24, 2.45) is 0 Å². The molecule has 110 valence electrons. The van der Waals surface area contributed by atoms with Crippen LogP contribution in [-0.4, -0.2) is 32.1 Å². The first-order chi connectivity index (χ1) is 10.2. The fourth-order valence-electron chi connectivity index (χ4n) is 1.76. The molecule has 0 fully saturated rings. The molecule has 0 atom stereocenters. The van der Waals surface area contributed by atoms with Crippen LogP contribution in [0.1, 0.15) is 9.75 Å². The lowest BCUT2D eigenvalue weighted by Crippen LogP contribution is -2.19. The molecular formula is C16H19N3OS. The number of anilines is 1. The van der Waals surface area contributed by atoms with Gasteiger partial charge in [-0.1, -0.05) is 6.07 Å². The van der Waals surface area contributed by atoms with Gasteiger partial charge in [-0.25, -0.2) is 0 Å². The Bertz CT molecular complexity index is 616. The van der Waals surface area contributed by atoms with Gasteiger partial charge in [-0.2, -0.15) is 5.26 Å². The molecule has 0 aliphatic carbocycles. The van der Waals surface area contributed by atoms with Gasteiger partial charge in [0, 0.05) is 29.7 Å².